The summed E-state index contributed by atoms with van der Waals surface area (Å²) in [4.78, 5) is 4.88. The maximum atomic E-state index is 6.07. The van der Waals surface area contributed by atoms with E-state index in [9.17, 15) is 0 Å². The lowest BCUT2D eigenvalue weighted by Gasteiger charge is -2.14. The molecule has 7 heteroatoms. The van der Waals surface area contributed by atoms with E-state index in [0.717, 1.165) is 27.7 Å². The van der Waals surface area contributed by atoms with E-state index in [0.29, 0.717) is 5.82 Å². The third-order valence-corrected chi connectivity index (χ3v) is 4.58. The van der Waals surface area contributed by atoms with Gasteiger partial charge in [-0.1, -0.05) is 36.5 Å². The lowest BCUT2D eigenvalue weighted by Crippen LogP contribution is -2.07. The SMILES string of the molecule is CC[C@@H](Oc1ccccc1)c1nn2c(-c3cccnc3)nnc2s1. The van der Waals surface area contributed by atoms with E-state index in [1.807, 2.05) is 42.5 Å². The second-order valence-corrected chi connectivity index (χ2v) is 6.22. The summed E-state index contributed by atoms with van der Waals surface area (Å²) in [5.41, 5.74) is 0.888. The zero-order valence-electron chi connectivity index (χ0n) is 13.0. The molecule has 4 aromatic rings. The van der Waals surface area contributed by atoms with Crippen LogP contribution < -0.4 is 4.74 Å². The van der Waals surface area contributed by atoms with Gasteiger partial charge in [-0.25, -0.2) is 0 Å². The second-order valence-electron chi connectivity index (χ2n) is 5.23. The molecular formula is C17H15N5OS. The molecule has 0 aliphatic carbocycles. The Labute approximate surface area is 142 Å². The molecule has 3 heterocycles. The molecule has 24 heavy (non-hydrogen) atoms. The Morgan fingerprint density at radius 3 is 2.75 bits per heavy atom. The number of nitrogens with zero attached hydrogens (tertiary/aromatic N) is 5. The molecule has 0 saturated heterocycles. The predicted octanol–water partition coefficient (Wildman–Crippen LogP) is 3.78. The van der Waals surface area contributed by atoms with E-state index >= 15 is 0 Å². The van der Waals surface area contributed by atoms with Crippen LogP contribution >= 0.6 is 11.3 Å². The van der Waals surface area contributed by atoms with Crippen molar-refractivity contribution < 1.29 is 4.74 Å². The van der Waals surface area contributed by atoms with E-state index in [2.05, 4.69) is 27.2 Å². The first kappa shape index (κ1) is 14.8. The number of hydrogen-bond donors (Lipinski definition) is 0. The molecule has 4 rings (SSSR count). The van der Waals surface area contributed by atoms with Gasteiger partial charge in [-0.05, 0) is 30.7 Å². The lowest BCUT2D eigenvalue weighted by atomic mass is 10.3. The Balaban J connectivity index is 1.68. The fourth-order valence-corrected chi connectivity index (χ4v) is 3.36. The second kappa shape index (κ2) is 6.37. The first-order chi connectivity index (χ1) is 11.8. The van der Waals surface area contributed by atoms with Gasteiger partial charge in [0.05, 0.1) is 0 Å². The molecule has 0 unspecified atom stereocenters. The number of fused-ring (bicyclic) bond motifs is 1. The van der Waals surface area contributed by atoms with E-state index in [-0.39, 0.29) is 6.10 Å². The number of benzene rings is 1. The molecule has 0 fully saturated rings. The molecule has 6 nitrogen and oxygen atoms in total. The van der Waals surface area contributed by atoms with Gasteiger partial charge in [-0.2, -0.15) is 9.61 Å². The minimum Gasteiger partial charge on any atom is -0.483 e. The van der Waals surface area contributed by atoms with Crippen LogP contribution in [0, 0.1) is 0 Å². The Morgan fingerprint density at radius 1 is 1.12 bits per heavy atom. The highest BCUT2D eigenvalue weighted by Gasteiger charge is 2.20. The smallest absolute Gasteiger partial charge is 0.235 e. The quantitative estimate of drug-likeness (QED) is 0.554. The summed E-state index contributed by atoms with van der Waals surface area (Å²) < 4.78 is 7.83. The maximum Gasteiger partial charge on any atom is 0.235 e. The molecule has 0 aliphatic rings. The highest BCUT2D eigenvalue weighted by atomic mass is 32.1. The summed E-state index contributed by atoms with van der Waals surface area (Å²) in [6.07, 6.45) is 4.20. The van der Waals surface area contributed by atoms with Gasteiger partial charge < -0.3 is 4.74 Å². The Hall–Kier alpha value is -2.80. The van der Waals surface area contributed by atoms with Gasteiger partial charge >= 0.3 is 0 Å². The maximum absolute atomic E-state index is 6.07. The molecule has 0 spiro atoms. The monoisotopic (exact) mass is 337 g/mol. The van der Waals surface area contributed by atoms with Gasteiger partial charge in [0, 0.05) is 18.0 Å². The topological polar surface area (TPSA) is 65.2 Å². The summed E-state index contributed by atoms with van der Waals surface area (Å²) in [5.74, 6) is 1.53. The summed E-state index contributed by atoms with van der Waals surface area (Å²) in [5, 5.41) is 14.0. The van der Waals surface area contributed by atoms with E-state index in [1.165, 1.54) is 11.3 Å². The third-order valence-electron chi connectivity index (χ3n) is 3.59. The van der Waals surface area contributed by atoms with E-state index in [4.69, 9.17) is 4.74 Å². The van der Waals surface area contributed by atoms with Crippen LogP contribution in [0.4, 0.5) is 0 Å². The largest absolute Gasteiger partial charge is 0.483 e. The molecule has 0 aliphatic heterocycles. The van der Waals surface area contributed by atoms with Crippen molar-refractivity contribution >= 4 is 16.3 Å². The van der Waals surface area contributed by atoms with Gasteiger partial charge in [0.15, 0.2) is 16.9 Å². The number of para-hydroxylation sites is 1. The van der Waals surface area contributed by atoms with Crippen molar-refractivity contribution in [3.05, 3.63) is 59.9 Å². The zero-order chi connectivity index (χ0) is 16.4. The summed E-state index contributed by atoms with van der Waals surface area (Å²) >= 11 is 1.50. The van der Waals surface area contributed by atoms with Crippen molar-refractivity contribution in [1.29, 1.82) is 0 Å². The number of ether oxygens (including phenoxy) is 1. The summed E-state index contributed by atoms with van der Waals surface area (Å²) in [6, 6.07) is 13.6. The summed E-state index contributed by atoms with van der Waals surface area (Å²) in [6.45, 7) is 2.08. The van der Waals surface area contributed by atoms with Crippen LogP contribution in [-0.4, -0.2) is 24.8 Å². The number of pyridine rings is 1. The first-order valence-corrected chi connectivity index (χ1v) is 8.51. The van der Waals surface area contributed by atoms with Crippen molar-refractivity contribution in [2.75, 3.05) is 0 Å². The number of rotatable bonds is 5. The van der Waals surface area contributed by atoms with Crippen LogP contribution in [0.15, 0.2) is 54.9 Å². The Bertz CT molecular complexity index is 935. The molecular weight excluding hydrogens is 322 g/mol. The molecule has 3 aromatic heterocycles. The van der Waals surface area contributed by atoms with E-state index in [1.54, 1.807) is 16.9 Å². The van der Waals surface area contributed by atoms with Crippen molar-refractivity contribution in [3.8, 4) is 17.1 Å². The molecule has 0 amide bonds. The third kappa shape index (κ3) is 2.74. The highest BCUT2D eigenvalue weighted by molar-refractivity contribution is 7.16. The minimum atomic E-state index is -0.110. The Morgan fingerprint density at radius 2 is 2.00 bits per heavy atom. The van der Waals surface area contributed by atoms with Crippen molar-refractivity contribution in [3.63, 3.8) is 0 Å². The van der Waals surface area contributed by atoms with Crippen LogP contribution in [0.3, 0.4) is 0 Å². The lowest BCUT2D eigenvalue weighted by molar-refractivity contribution is 0.199. The summed E-state index contributed by atoms with van der Waals surface area (Å²) in [7, 11) is 0. The van der Waals surface area contributed by atoms with Gasteiger partial charge in [0.2, 0.25) is 4.96 Å². The van der Waals surface area contributed by atoms with Crippen molar-refractivity contribution in [2.45, 2.75) is 19.4 Å². The van der Waals surface area contributed by atoms with Crippen LogP contribution in [-0.2, 0) is 0 Å². The van der Waals surface area contributed by atoms with Crippen LogP contribution in [0.5, 0.6) is 5.75 Å². The van der Waals surface area contributed by atoms with Gasteiger partial charge in [-0.3, -0.25) is 4.98 Å². The zero-order valence-corrected chi connectivity index (χ0v) is 13.8. The molecule has 0 radical (unpaired) electrons. The van der Waals surface area contributed by atoms with Crippen LogP contribution in [0.2, 0.25) is 0 Å². The highest BCUT2D eigenvalue weighted by Crippen LogP contribution is 2.29. The van der Waals surface area contributed by atoms with Crippen LogP contribution in [0.25, 0.3) is 16.3 Å². The normalized spacial score (nSPS) is 12.4. The Kier molecular flexibility index (Phi) is 3.92. The fourth-order valence-electron chi connectivity index (χ4n) is 2.41. The van der Waals surface area contributed by atoms with Crippen molar-refractivity contribution in [2.24, 2.45) is 0 Å². The van der Waals surface area contributed by atoms with Gasteiger partial charge in [0.1, 0.15) is 5.75 Å². The van der Waals surface area contributed by atoms with Crippen molar-refractivity contribution in [1.82, 2.24) is 24.8 Å². The molecule has 0 N–H and O–H groups in total. The molecule has 120 valence electrons. The van der Waals surface area contributed by atoms with Gasteiger partial charge in [0.25, 0.3) is 0 Å². The molecule has 1 atom stereocenters. The van der Waals surface area contributed by atoms with E-state index < -0.39 is 0 Å². The molecule has 1 aromatic carbocycles. The van der Waals surface area contributed by atoms with Crippen LogP contribution in [0.1, 0.15) is 24.5 Å². The fraction of sp³-hybridized carbons (Fsp3) is 0.176. The average Bonchev–Trinajstić information content (AvgIpc) is 3.22. The molecule has 0 bridgehead atoms. The molecule has 0 saturated carbocycles. The number of hydrogen-bond acceptors (Lipinski definition) is 6. The average molecular weight is 337 g/mol. The standard InChI is InChI=1S/C17H15N5OS/c1-2-14(23-13-8-4-3-5-9-13)16-21-22-15(19-20-17(22)24-16)12-7-6-10-18-11-12/h3-11,14H,2H2,1H3/t14-/m1/s1. The number of aromatic nitrogens is 5. The first-order valence-electron chi connectivity index (χ1n) is 7.69. The minimum absolute atomic E-state index is 0.110. The predicted molar refractivity (Wildman–Crippen MR) is 92.0 cm³/mol. The van der Waals surface area contributed by atoms with Gasteiger partial charge in [-0.15, -0.1) is 10.2 Å².